The Hall–Kier alpha value is -1.76. The summed E-state index contributed by atoms with van der Waals surface area (Å²) in [6.45, 7) is 4.40. The second-order valence-electron chi connectivity index (χ2n) is 4.95. The number of rotatable bonds is 1. The third-order valence-electron chi connectivity index (χ3n) is 3.39. The van der Waals surface area contributed by atoms with Crippen LogP contribution in [-0.2, 0) is 6.42 Å². The number of anilines is 1. The van der Waals surface area contributed by atoms with E-state index in [1.54, 1.807) is 0 Å². The molecule has 17 heavy (non-hydrogen) atoms. The average molecular weight is 223 g/mol. The zero-order valence-corrected chi connectivity index (χ0v) is 10.3. The molecule has 1 heterocycles. The van der Waals surface area contributed by atoms with Crippen molar-refractivity contribution < 1.29 is 0 Å². The van der Waals surface area contributed by atoms with E-state index in [0.717, 1.165) is 6.42 Å². The molecule has 1 nitrogen and oxygen atoms in total. The number of hydrogen-bond donors (Lipinski definition) is 1. The molecule has 1 atom stereocenters. The first-order chi connectivity index (χ1) is 8.24. The van der Waals surface area contributed by atoms with Crippen molar-refractivity contribution in [3.05, 3.63) is 53.6 Å². The highest BCUT2D eigenvalue weighted by Crippen LogP contribution is 2.36. The summed E-state index contributed by atoms with van der Waals surface area (Å²) < 4.78 is 0. The van der Waals surface area contributed by atoms with Gasteiger partial charge in [-0.3, -0.25) is 0 Å². The van der Waals surface area contributed by atoms with Crippen LogP contribution in [0, 0.1) is 6.92 Å². The zero-order chi connectivity index (χ0) is 11.8. The third kappa shape index (κ3) is 1.82. The molecular weight excluding hydrogens is 206 g/mol. The Bertz CT molecular complexity index is 543. The van der Waals surface area contributed by atoms with Crippen molar-refractivity contribution in [1.82, 2.24) is 0 Å². The quantitative estimate of drug-likeness (QED) is 0.770. The van der Waals surface area contributed by atoms with E-state index in [9.17, 15) is 0 Å². The minimum absolute atomic E-state index is 0.550. The van der Waals surface area contributed by atoms with Gasteiger partial charge in [-0.05, 0) is 48.6 Å². The second kappa shape index (κ2) is 3.92. The largest absolute Gasteiger partial charge is 0.382 e. The van der Waals surface area contributed by atoms with E-state index in [1.165, 1.54) is 27.9 Å². The molecule has 1 heteroatoms. The van der Waals surface area contributed by atoms with Crippen molar-refractivity contribution in [3.63, 3.8) is 0 Å². The van der Waals surface area contributed by atoms with Crippen LogP contribution in [-0.4, -0.2) is 6.04 Å². The van der Waals surface area contributed by atoms with Gasteiger partial charge in [0.1, 0.15) is 0 Å². The molecule has 1 aliphatic heterocycles. The van der Waals surface area contributed by atoms with Crippen LogP contribution in [0.3, 0.4) is 0 Å². The number of hydrogen-bond acceptors (Lipinski definition) is 1. The summed E-state index contributed by atoms with van der Waals surface area (Å²) in [5.41, 5.74) is 6.82. The summed E-state index contributed by atoms with van der Waals surface area (Å²) in [6.07, 6.45) is 1.12. The van der Waals surface area contributed by atoms with Crippen molar-refractivity contribution in [2.24, 2.45) is 0 Å². The van der Waals surface area contributed by atoms with Crippen LogP contribution < -0.4 is 5.32 Å². The standard InChI is InChI=1S/C16H17N/c1-11-8-14(13-6-4-3-5-7-13)15-10-12(2)17-16(15)9-11/h3-9,12,17H,10H2,1-2H3. The Kier molecular flexibility index (Phi) is 2.40. The van der Waals surface area contributed by atoms with Crippen LogP contribution in [0.1, 0.15) is 18.1 Å². The van der Waals surface area contributed by atoms with Gasteiger partial charge in [0.2, 0.25) is 0 Å². The highest BCUT2D eigenvalue weighted by atomic mass is 14.9. The Balaban J connectivity index is 2.18. The molecule has 2 aromatic carbocycles. The lowest BCUT2D eigenvalue weighted by Gasteiger charge is -2.09. The van der Waals surface area contributed by atoms with Crippen molar-refractivity contribution in [2.45, 2.75) is 26.3 Å². The molecule has 3 rings (SSSR count). The first-order valence-corrected chi connectivity index (χ1v) is 6.19. The predicted molar refractivity (Wildman–Crippen MR) is 73.4 cm³/mol. The van der Waals surface area contributed by atoms with E-state index in [-0.39, 0.29) is 0 Å². The molecule has 0 bridgehead atoms. The van der Waals surface area contributed by atoms with Crippen LogP contribution in [0.4, 0.5) is 5.69 Å². The molecule has 0 aliphatic carbocycles. The molecule has 0 spiro atoms. The van der Waals surface area contributed by atoms with E-state index < -0.39 is 0 Å². The van der Waals surface area contributed by atoms with Gasteiger partial charge in [0.05, 0.1) is 0 Å². The van der Waals surface area contributed by atoms with Gasteiger partial charge in [0, 0.05) is 11.7 Å². The van der Waals surface area contributed by atoms with Gasteiger partial charge in [-0.15, -0.1) is 0 Å². The fourth-order valence-corrected chi connectivity index (χ4v) is 2.66. The lowest BCUT2D eigenvalue weighted by Crippen LogP contribution is -2.08. The van der Waals surface area contributed by atoms with Gasteiger partial charge in [-0.2, -0.15) is 0 Å². The van der Waals surface area contributed by atoms with Gasteiger partial charge in [0.15, 0.2) is 0 Å². The fourth-order valence-electron chi connectivity index (χ4n) is 2.66. The van der Waals surface area contributed by atoms with Gasteiger partial charge >= 0.3 is 0 Å². The molecule has 0 aromatic heterocycles. The summed E-state index contributed by atoms with van der Waals surface area (Å²) >= 11 is 0. The second-order valence-corrected chi connectivity index (χ2v) is 4.95. The molecule has 1 aliphatic rings. The Morgan fingerprint density at radius 3 is 2.65 bits per heavy atom. The van der Waals surface area contributed by atoms with Crippen LogP contribution >= 0.6 is 0 Å². The lowest BCUT2D eigenvalue weighted by atomic mass is 9.95. The molecule has 1 unspecified atom stereocenters. The van der Waals surface area contributed by atoms with Gasteiger partial charge < -0.3 is 5.32 Å². The topological polar surface area (TPSA) is 12.0 Å². The molecule has 2 aromatic rings. The summed E-state index contributed by atoms with van der Waals surface area (Å²) in [5.74, 6) is 0. The zero-order valence-electron chi connectivity index (χ0n) is 10.3. The first-order valence-electron chi connectivity index (χ1n) is 6.19. The van der Waals surface area contributed by atoms with E-state index in [1.807, 2.05) is 0 Å². The van der Waals surface area contributed by atoms with Crippen molar-refractivity contribution >= 4 is 5.69 Å². The monoisotopic (exact) mass is 223 g/mol. The molecule has 86 valence electrons. The number of aryl methyl sites for hydroxylation is 1. The van der Waals surface area contributed by atoms with E-state index in [0.29, 0.717) is 6.04 Å². The third-order valence-corrected chi connectivity index (χ3v) is 3.39. The van der Waals surface area contributed by atoms with E-state index in [4.69, 9.17) is 0 Å². The highest BCUT2D eigenvalue weighted by Gasteiger charge is 2.20. The Morgan fingerprint density at radius 1 is 1.12 bits per heavy atom. The molecule has 0 radical (unpaired) electrons. The minimum Gasteiger partial charge on any atom is -0.382 e. The summed E-state index contributed by atoms with van der Waals surface area (Å²) in [4.78, 5) is 0. The molecule has 0 fully saturated rings. The van der Waals surface area contributed by atoms with Crippen LogP contribution in [0.25, 0.3) is 11.1 Å². The molecule has 1 N–H and O–H groups in total. The predicted octanol–water partition coefficient (Wildman–Crippen LogP) is 4.02. The van der Waals surface area contributed by atoms with Gasteiger partial charge in [-0.1, -0.05) is 36.4 Å². The Morgan fingerprint density at radius 2 is 1.88 bits per heavy atom. The number of fused-ring (bicyclic) bond motifs is 1. The van der Waals surface area contributed by atoms with Crippen molar-refractivity contribution in [2.75, 3.05) is 5.32 Å². The van der Waals surface area contributed by atoms with Crippen LogP contribution in [0.2, 0.25) is 0 Å². The molecule has 0 saturated heterocycles. The number of nitrogens with one attached hydrogen (secondary N) is 1. The van der Waals surface area contributed by atoms with Gasteiger partial charge in [0.25, 0.3) is 0 Å². The normalized spacial score (nSPS) is 17.6. The highest BCUT2D eigenvalue weighted by molar-refractivity contribution is 5.77. The van der Waals surface area contributed by atoms with Crippen molar-refractivity contribution in [1.29, 1.82) is 0 Å². The Labute approximate surface area is 102 Å². The smallest absolute Gasteiger partial charge is 0.0384 e. The minimum atomic E-state index is 0.550. The van der Waals surface area contributed by atoms with Crippen LogP contribution in [0.5, 0.6) is 0 Å². The fraction of sp³-hybridized carbons (Fsp3) is 0.250. The van der Waals surface area contributed by atoms with Gasteiger partial charge in [-0.25, -0.2) is 0 Å². The number of benzene rings is 2. The maximum Gasteiger partial charge on any atom is 0.0384 e. The summed E-state index contributed by atoms with van der Waals surface area (Å²) in [7, 11) is 0. The lowest BCUT2D eigenvalue weighted by molar-refractivity contribution is 0.840. The SMILES string of the molecule is Cc1cc2c(c(-c3ccccc3)c1)CC(C)N2. The van der Waals surface area contributed by atoms with Crippen LogP contribution in [0.15, 0.2) is 42.5 Å². The maximum atomic E-state index is 3.55. The molecule has 0 saturated carbocycles. The first kappa shape index (κ1) is 10.4. The van der Waals surface area contributed by atoms with E-state index in [2.05, 4.69) is 61.6 Å². The molecule has 0 amide bonds. The summed E-state index contributed by atoms with van der Waals surface area (Å²) in [5, 5.41) is 3.55. The summed E-state index contributed by atoms with van der Waals surface area (Å²) in [6, 6.07) is 15.8. The maximum absolute atomic E-state index is 3.55. The average Bonchev–Trinajstić information content (AvgIpc) is 2.69. The van der Waals surface area contributed by atoms with E-state index >= 15 is 0 Å². The van der Waals surface area contributed by atoms with Crippen molar-refractivity contribution in [3.8, 4) is 11.1 Å². The molecular formula is C16H17N.